The molecule has 1 aliphatic rings. The summed E-state index contributed by atoms with van der Waals surface area (Å²) in [7, 11) is 0. The minimum atomic E-state index is -0.298. The van der Waals surface area contributed by atoms with Gasteiger partial charge in [0.2, 0.25) is 11.8 Å². The van der Waals surface area contributed by atoms with Crippen LogP contribution < -0.4 is 0 Å². The Morgan fingerprint density at radius 3 is 2.68 bits per heavy atom. The Morgan fingerprint density at radius 1 is 1.14 bits per heavy atom. The average molecular weight is 414 g/mol. The molecule has 1 aliphatic carbocycles. The molecule has 1 atom stereocenters. The highest BCUT2D eigenvalue weighted by Crippen LogP contribution is 2.44. The summed E-state index contributed by atoms with van der Waals surface area (Å²) in [5.74, 6) is 1.51. The second-order valence-corrected chi connectivity index (χ2v) is 8.85. The van der Waals surface area contributed by atoms with Crippen molar-refractivity contribution in [1.82, 2.24) is 25.0 Å². The first-order valence-corrected chi connectivity index (χ1v) is 10.7. The molecule has 0 aliphatic heterocycles. The van der Waals surface area contributed by atoms with E-state index in [0.717, 1.165) is 28.7 Å². The topological polar surface area (TPSA) is 69.6 Å². The molecule has 28 heavy (non-hydrogen) atoms. The zero-order chi connectivity index (χ0) is 19.1. The molecule has 6 nitrogen and oxygen atoms in total. The van der Waals surface area contributed by atoms with E-state index in [-0.39, 0.29) is 11.1 Å². The van der Waals surface area contributed by atoms with E-state index in [0.29, 0.717) is 23.4 Å². The standard InChI is InChI=1S/C19H16FN5OS2/c1-11(17-22-23-18(26-17)12-4-6-13(20)7-5-12)28-19-24-21-16(15-3-2-10-27-15)25(19)14-8-9-14/h2-7,10-11,14H,8-9H2,1H3/t11-/m1/s1. The number of rotatable bonds is 6. The highest BCUT2D eigenvalue weighted by atomic mass is 32.2. The van der Waals surface area contributed by atoms with Gasteiger partial charge in [0.1, 0.15) is 5.82 Å². The SMILES string of the molecule is C[C@@H](Sc1nnc(-c2cccs2)n1C1CC1)c1nnc(-c2ccc(F)cc2)o1. The van der Waals surface area contributed by atoms with Crippen molar-refractivity contribution >= 4 is 23.1 Å². The predicted octanol–water partition coefficient (Wildman–Crippen LogP) is 5.38. The Balaban J connectivity index is 1.39. The highest BCUT2D eigenvalue weighted by molar-refractivity contribution is 7.99. The molecular formula is C19H16FN5OS2. The van der Waals surface area contributed by atoms with Crippen LogP contribution in [0.1, 0.15) is 36.9 Å². The third kappa shape index (κ3) is 3.35. The highest BCUT2D eigenvalue weighted by Gasteiger charge is 2.31. The molecule has 5 rings (SSSR count). The molecule has 0 saturated heterocycles. The van der Waals surface area contributed by atoms with Gasteiger partial charge in [0.25, 0.3) is 0 Å². The molecule has 0 bridgehead atoms. The lowest BCUT2D eigenvalue weighted by Crippen LogP contribution is -2.00. The quantitative estimate of drug-likeness (QED) is 0.395. The van der Waals surface area contributed by atoms with Crippen LogP contribution >= 0.6 is 23.1 Å². The number of thiophene rings is 1. The summed E-state index contributed by atoms with van der Waals surface area (Å²) in [6, 6.07) is 10.6. The largest absolute Gasteiger partial charge is 0.419 e. The lowest BCUT2D eigenvalue weighted by molar-refractivity contribution is 0.508. The first-order valence-electron chi connectivity index (χ1n) is 8.94. The molecule has 0 N–H and O–H groups in total. The van der Waals surface area contributed by atoms with Crippen molar-refractivity contribution in [3.05, 3.63) is 53.5 Å². The monoisotopic (exact) mass is 413 g/mol. The van der Waals surface area contributed by atoms with Gasteiger partial charge in [-0.25, -0.2) is 4.39 Å². The van der Waals surface area contributed by atoms with Gasteiger partial charge in [-0.15, -0.1) is 31.7 Å². The Labute approximate surface area is 168 Å². The van der Waals surface area contributed by atoms with Gasteiger partial charge < -0.3 is 4.42 Å². The summed E-state index contributed by atoms with van der Waals surface area (Å²) in [5, 5.41) is 19.9. The van der Waals surface area contributed by atoms with Crippen LogP contribution in [0.2, 0.25) is 0 Å². The third-order valence-corrected chi connectivity index (χ3v) is 6.39. The number of benzene rings is 1. The predicted molar refractivity (Wildman–Crippen MR) is 106 cm³/mol. The third-order valence-electron chi connectivity index (χ3n) is 4.48. The number of nitrogens with zero attached hydrogens (tertiary/aromatic N) is 5. The van der Waals surface area contributed by atoms with E-state index in [1.54, 1.807) is 35.2 Å². The van der Waals surface area contributed by atoms with Gasteiger partial charge in [0.15, 0.2) is 11.0 Å². The van der Waals surface area contributed by atoms with Gasteiger partial charge in [-0.05, 0) is 55.5 Å². The second-order valence-electron chi connectivity index (χ2n) is 6.60. The molecule has 4 aromatic rings. The van der Waals surface area contributed by atoms with Gasteiger partial charge >= 0.3 is 0 Å². The van der Waals surface area contributed by atoms with Crippen LogP contribution in [-0.4, -0.2) is 25.0 Å². The summed E-state index contributed by atoms with van der Waals surface area (Å²) in [5.41, 5.74) is 0.693. The maximum Gasteiger partial charge on any atom is 0.247 e. The van der Waals surface area contributed by atoms with Crippen LogP contribution in [0.25, 0.3) is 22.2 Å². The molecule has 3 heterocycles. The van der Waals surface area contributed by atoms with E-state index in [9.17, 15) is 4.39 Å². The number of aromatic nitrogens is 5. The number of hydrogen-bond donors (Lipinski definition) is 0. The zero-order valence-electron chi connectivity index (χ0n) is 14.9. The van der Waals surface area contributed by atoms with Crippen molar-refractivity contribution in [2.24, 2.45) is 0 Å². The zero-order valence-corrected chi connectivity index (χ0v) is 16.6. The van der Waals surface area contributed by atoms with E-state index in [1.807, 2.05) is 18.4 Å². The molecule has 0 radical (unpaired) electrons. The van der Waals surface area contributed by atoms with Crippen molar-refractivity contribution < 1.29 is 8.81 Å². The summed E-state index contributed by atoms with van der Waals surface area (Å²) < 4.78 is 21.1. The summed E-state index contributed by atoms with van der Waals surface area (Å²) in [4.78, 5) is 1.12. The van der Waals surface area contributed by atoms with E-state index in [2.05, 4.69) is 31.0 Å². The van der Waals surface area contributed by atoms with E-state index in [1.165, 1.54) is 12.1 Å². The van der Waals surface area contributed by atoms with Crippen LogP contribution in [0.3, 0.4) is 0 Å². The Bertz CT molecular complexity index is 1090. The van der Waals surface area contributed by atoms with Gasteiger partial charge in [-0.1, -0.05) is 17.8 Å². The maximum absolute atomic E-state index is 13.1. The molecule has 3 aromatic heterocycles. The van der Waals surface area contributed by atoms with Crippen LogP contribution in [0.4, 0.5) is 4.39 Å². The van der Waals surface area contributed by atoms with E-state index < -0.39 is 0 Å². The Morgan fingerprint density at radius 2 is 1.96 bits per heavy atom. The number of hydrogen-bond acceptors (Lipinski definition) is 7. The van der Waals surface area contributed by atoms with Crippen molar-refractivity contribution in [3.63, 3.8) is 0 Å². The average Bonchev–Trinajstić information content (AvgIpc) is 3.12. The molecule has 142 valence electrons. The molecule has 1 saturated carbocycles. The lowest BCUT2D eigenvalue weighted by Gasteiger charge is -2.10. The number of halogens is 1. The van der Waals surface area contributed by atoms with Crippen LogP contribution in [0, 0.1) is 5.82 Å². The van der Waals surface area contributed by atoms with Crippen molar-refractivity contribution in [1.29, 1.82) is 0 Å². The summed E-state index contributed by atoms with van der Waals surface area (Å²) in [6.07, 6.45) is 2.29. The molecule has 0 amide bonds. The van der Waals surface area contributed by atoms with Gasteiger partial charge in [-0.2, -0.15) is 0 Å². The minimum absolute atomic E-state index is 0.0837. The molecule has 0 spiro atoms. The molecule has 0 unspecified atom stereocenters. The smallest absolute Gasteiger partial charge is 0.247 e. The first-order chi connectivity index (χ1) is 13.7. The van der Waals surface area contributed by atoms with Crippen molar-refractivity contribution in [3.8, 4) is 22.2 Å². The van der Waals surface area contributed by atoms with Gasteiger partial charge in [0, 0.05) is 11.6 Å². The Kier molecular flexibility index (Phi) is 4.48. The van der Waals surface area contributed by atoms with E-state index in [4.69, 9.17) is 4.42 Å². The fourth-order valence-corrected chi connectivity index (χ4v) is 4.56. The van der Waals surface area contributed by atoms with Crippen LogP contribution in [0.5, 0.6) is 0 Å². The summed E-state index contributed by atoms with van der Waals surface area (Å²) in [6.45, 7) is 2.00. The molecule has 9 heteroatoms. The number of thioether (sulfide) groups is 1. The first kappa shape index (κ1) is 17.6. The minimum Gasteiger partial charge on any atom is -0.419 e. The van der Waals surface area contributed by atoms with Crippen molar-refractivity contribution in [2.75, 3.05) is 0 Å². The molecule has 1 aromatic carbocycles. The Hall–Kier alpha value is -2.52. The molecular weight excluding hydrogens is 397 g/mol. The second kappa shape index (κ2) is 7.14. The molecule has 1 fully saturated rings. The van der Waals surface area contributed by atoms with Crippen molar-refractivity contribution in [2.45, 2.75) is 36.2 Å². The lowest BCUT2D eigenvalue weighted by atomic mass is 10.2. The van der Waals surface area contributed by atoms with Crippen LogP contribution in [0.15, 0.2) is 51.4 Å². The van der Waals surface area contributed by atoms with Gasteiger partial charge in [0.05, 0.1) is 10.1 Å². The fraction of sp³-hybridized carbons (Fsp3) is 0.263. The van der Waals surface area contributed by atoms with E-state index >= 15 is 0 Å². The fourth-order valence-electron chi connectivity index (χ4n) is 2.91. The van der Waals surface area contributed by atoms with Gasteiger partial charge in [-0.3, -0.25) is 4.57 Å². The normalized spacial score (nSPS) is 15.1. The summed E-state index contributed by atoms with van der Waals surface area (Å²) >= 11 is 3.22. The van der Waals surface area contributed by atoms with Crippen LogP contribution in [-0.2, 0) is 0 Å². The maximum atomic E-state index is 13.1.